The highest BCUT2D eigenvalue weighted by molar-refractivity contribution is 5.99. The van der Waals surface area contributed by atoms with E-state index >= 15 is 0 Å². The summed E-state index contributed by atoms with van der Waals surface area (Å²) in [5.41, 5.74) is 2.87. The molecule has 0 spiro atoms. The summed E-state index contributed by atoms with van der Waals surface area (Å²) in [4.78, 5) is 28.0. The van der Waals surface area contributed by atoms with Gasteiger partial charge in [0.2, 0.25) is 0 Å². The van der Waals surface area contributed by atoms with Crippen LogP contribution in [0.15, 0.2) is 42.6 Å². The highest BCUT2D eigenvalue weighted by atomic mass is 16.4. The van der Waals surface area contributed by atoms with E-state index < -0.39 is 12.0 Å². The molecule has 0 aliphatic heterocycles. The maximum Gasteiger partial charge on any atom is 0.326 e. The first-order valence-corrected chi connectivity index (χ1v) is 7.46. The number of rotatable bonds is 5. The second-order valence-corrected chi connectivity index (χ2v) is 5.73. The molecule has 0 aliphatic carbocycles. The summed E-state index contributed by atoms with van der Waals surface area (Å²) in [7, 11) is 0. The molecule has 1 amide bonds. The van der Waals surface area contributed by atoms with Crippen molar-refractivity contribution in [3.8, 4) is 11.3 Å². The maximum atomic E-state index is 12.5. The Morgan fingerprint density at radius 3 is 2.43 bits per heavy atom. The molecule has 1 heterocycles. The van der Waals surface area contributed by atoms with Crippen molar-refractivity contribution in [1.82, 2.24) is 10.3 Å². The minimum absolute atomic E-state index is 0.198. The summed E-state index contributed by atoms with van der Waals surface area (Å²) < 4.78 is 0. The fraction of sp³-hybridized carbons (Fsp3) is 0.278. The van der Waals surface area contributed by atoms with E-state index in [-0.39, 0.29) is 11.8 Å². The molecule has 0 radical (unpaired) electrons. The third kappa shape index (κ3) is 3.74. The number of hydrogen-bond donors (Lipinski definition) is 2. The summed E-state index contributed by atoms with van der Waals surface area (Å²) in [6, 6.07) is 10.0. The lowest BCUT2D eigenvalue weighted by Crippen LogP contribution is -2.44. The van der Waals surface area contributed by atoms with E-state index in [9.17, 15) is 14.7 Å². The molecule has 2 aromatic rings. The molecule has 23 heavy (non-hydrogen) atoms. The van der Waals surface area contributed by atoms with Crippen molar-refractivity contribution in [2.24, 2.45) is 5.92 Å². The van der Waals surface area contributed by atoms with Gasteiger partial charge in [-0.15, -0.1) is 0 Å². The summed E-state index contributed by atoms with van der Waals surface area (Å²) in [6.45, 7) is 5.36. The van der Waals surface area contributed by atoms with Crippen LogP contribution in [0.1, 0.15) is 29.8 Å². The number of aliphatic carboxylic acids is 1. The summed E-state index contributed by atoms with van der Waals surface area (Å²) >= 11 is 0. The standard InChI is InChI=1S/C18H20N2O3/c1-11(2)16(18(22)23)20-17(21)14-8-6-7-13(12(14)3)15-9-4-5-10-19-15/h4-11,16H,1-3H3,(H,20,21)(H,22,23). The van der Waals surface area contributed by atoms with Crippen molar-refractivity contribution < 1.29 is 14.7 Å². The van der Waals surface area contributed by atoms with E-state index in [1.54, 1.807) is 32.2 Å². The molecule has 2 N–H and O–H groups in total. The monoisotopic (exact) mass is 312 g/mol. The zero-order valence-electron chi connectivity index (χ0n) is 13.4. The van der Waals surface area contributed by atoms with E-state index in [4.69, 9.17) is 0 Å². The van der Waals surface area contributed by atoms with Gasteiger partial charge >= 0.3 is 5.97 Å². The average Bonchev–Trinajstić information content (AvgIpc) is 2.52. The molecule has 5 nitrogen and oxygen atoms in total. The fourth-order valence-electron chi connectivity index (χ4n) is 2.41. The number of benzene rings is 1. The number of carbonyl (C=O) groups is 2. The molecular formula is C18H20N2O3. The number of nitrogens with one attached hydrogen (secondary N) is 1. The van der Waals surface area contributed by atoms with E-state index in [2.05, 4.69) is 10.3 Å². The van der Waals surface area contributed by atoms with Gasteiger partial charge in [-0.25, -0.2) is 4.79 Å². The van der Waals surface area contributed by atoms with Crippen LogP contribution in [-0.4, -0.2) is 28.0 Å². The van der Waals surface area contributed by atoms with Crippen LogP contribution in [0.3, 0.4) is 0 Å². The Balaban J connectivity index is 2.34. The normalized spacial score (nSPS) is 12.0. The molecule has 1 atom stereocenters. The number of pyridine rings is 1. The van der Waals surface area contributed by atoms with Crippen LogP contribution in [0.25, 0.3) is 11.3 Å². The van der Waals surface area contributed by atoms with E-state index in [1.165, 1.54) is 0 Å². The number of carboxylic acids is 1. The average molecular weight is 312 g/mol. The van der Waals surface area contributed by atoms with Gasteiger partial charge < -0.3 is 10.4 Å². The molecular weight excluding hydrogens is 292 g/mol. The lowest BCUT2D eigenvalue weighted by Gasteiger charge is -2.19. The van der Waals surface area contributed by atoms with Crippen LogP contribution >= 0.6 is 0 Å². The fourth-order valence-corrected chi connectivity index (χ4v) is 2.41. The molecule has 0 aliphatic rings. The van der Waals surface area contributed by atoms with Gasteiger partial charge in [0.25, 0.3) is 5.91 Å². The van der Waals surface area contributed by atoms with Gasteiger partial charge in [0.05, 0.1) is 5.69 Å². The predicted molar refractivity (Wildman–Crippen MR) is 88.1 cm³/mol. The number of carboxylic acid groups (broad SMARTS) is 1. The molecule has 5 heteroatoms. The first-order valence-electron chi connectivity index (χ1n) is 7.46. The topological polar surface area (TPSA) is 79.3 Å². The second-order valence-electron chi connectivity index (χ2n) is 5.73. The number of hydrogen-bond acceptors (Lipinski definition) is 3. The number of amides is 1. The number of nitrogens with zero attached hydrogens (tertiary/aromatic N) is 1. The third-order valence-electron chi connectivity index (χ3n) is 3.74. The smallest absolute Gasteiger partial charge is 0.326 e. The first kappa shape index (κ1) is 16.7. The Bertz CT molecular complexity index is 711. The minimum atomic E-state index is -1.04. The third-order valence-corrected chi connectivity index (χ3v) is 3.74. The lowest BCUT2D eigenvalue weighted by atomic mass is 9.98. The van der Waals surface area contributed by atoms with Gasteiger partial charge in [-0.3, -0.25) is 9.78 Å². The number of aromatic nitrogens is 1. The van der Waals surface area contributed by atoms with Gasteiger partial charge in [0, 0.05) is 17.3 Å². The van der Waals surface area contributed by atoms with Crippen LogP contribution in [0.4, 0.5) is 0 Å². The Morgan fingerprint density at radius 1 is 1.13 bits per heavy atom. The van der Waals surface area contributed by atoms with Crippen molar-refractivity contribution in [1.29, 1.82) is 0 Å². The van der Waals surface area contributed by atoms with Crippen molar-refractivity contribution in [3.05, 3.63) is 53.7 Å². The van der Waals surface area contributed by atoms with Gasteiger partial charge in [-0.2, -0.15) is 0 Å². The Kier molecular flexibility index (Phi) is 5.11. The molecule has 1 aromatic carbocycles. The van der Waals surface area contributed by atoms with Crippen LogP contribution in [0.2, 0.25) is 0 Å². The minimum Gasteiger partial charge on any atom is -0.480 e. The Morgan fingerprint density at radius 2 is 1.87 bits per heavy atom. The second kappa shape index (κ2) is 7.05. The molecule has 1 aromatic heterocycles. The van der Waals surface area contributed by atoms with E-state index in [0.29, 0.717) is 5.56 Å². The van der Waals surface area contributed by atoms with Gasteiger partial charge in [-0.1, -0.05) is 32.0 Å². The molecule has 0 fully saturated rings. The molecule has 0 saturated heterocycles. The molecule has 0 bridgehead atoms. The zero-order valence-corrected chi connectivity index (χ0v) is 13.4. The summed E-state index contributed by atoms with van der Waals surface area (Å²) in [5.74, 6) is -1.62. The van der Waals surface area contributed by atoms with Crippen LogP contribution in [0, 0.1) is 12.8 Å². The van der Waals surface area contributed by atoms with Gasteiger partial charge in [0.1, 0.15) is 6.04 Å². The molecule has 120 valence electrons. The largest absolute Gasteiger partial charge is 0.480 e. The van der Waals surface area contributed by atoms with Crippen LogP contribution in [0.5, 0.6) is 0 Å². The quantitative estimate of drug-likeness (QED) is 0.889. The highest BCUT2D eigenvalue weighted by Crippen LogP contribution is 2.24. The maximum absolute atomic E-state index is 12.5. The number of carbonyl (C=O) groups excluding carboxylic acids is 1. The Labute approximate surface area is 135 Å². The van der Waals surface area contributed by atoms with Gasteiger partial charge in [0.15, 0.2) is 0 Å². The van der Waals surface area contributed by atoms with Crippen LogP contribution < -0.4 is 5.32 Å². The lowest BCUT2D eigenvalue weighted by molar-refractivity contribution is -0.140. The van der Waals surface area contributed by atoms with Gasteiger partial charge in [-0.05, 0) is 36.6 Å². The van der Waals surface area contributed by atoms with Crippen molar-refractivity contribution in [2.45, 2.75) is 26.8 Å². The van der Waals surface area contributed by atoms with Crippen molar-refractivity contribution in [2.75, 3.05) is 0 Å². The highest BCUT2D eigenvalue weighted by Gasteiger charge is 2.25. The SMILES string of the molecule is Cc1c(C(=O)NC(C(=O)O)C(C)C)cccc1-c1ccccn1. The predicted octanol–water partition coefficient (Wildman–Crippen LogP) is 2.90. The van der Waals surface area contributed by atoms with E-state index in [0.717, 1.165) is 16.8 Å². The van der Waals surface area contributed by atoms with Crippen molar-refractivity contribution in [3.63, 3.8) is 0 Å². The molecule has 2 rings (SSSR count). The summed E-state index contributed by atoms with van der Waals surface area (Å²) in [5, 5.41) is 11.8. The Hall–Kier alpha value is -2.69. The van der Waals surface area contributed by atoms with Crippen LogP contribution in [-0.2, 0) is 4.79 Å². The molecule has 1 unspecified atom stereocenters. The first-order chi connectivity index (χ1) is 10.9. The van der Waals surface area contributed by atoms with Crippen molar-refractivity contribution >= 4 is 11.9 Å². The summed E-state index contributed by atoms with van der Waals surface area (Å²) in [6.07, 6.45) is 1.70. The zero-order chi connectivity index (χ0) is 17.0. The molecule has 0 saturated carbocycles. The van der Waals surface area contributed by atoms with E-state index in [1.807, 2.05) is 31.2 Å².